The van der Waals surface area contributed by atoms with Gasteiger partial charge in [-0.3, -0.25) is 0 Å². The summed E-state index contributed by atoms with van der Waals surface area (Å²) in [5.41, 5.74) is 1.55. The fourth-order valence-corrected chi connectivity index (χ4v) is 2.53. The molecular formula is C21H30IN3O4. The second kappa shape index (κ2) is 13.9. The fraction of sp³-hybridized carbons (Fsp3) is 0.381. The Bertz CT molecular complexity index is 771. The van der Waals surface area contributed by atoms with Crippen LogP contribution in [-0.4, -0.2) is 45.0 Å². The van der Waals surface area contributed by atoms with Crippen molar-refractivity contribution in [3.05, 3.63) is 48.0 Å². The first-order valence-electron chi connectivity index (χ1n) is 9.30. The molecule has 0 heterocycles. The molecule has 3 N–H and O–H groups in total. The number of methoxy groups -OCH3 is 2. The summed E-state index contributed by atoms with van der Waals surface area (Å²) in [5.74, 6) is 1.93. The van der Waals surface area contributed by atoms with E-state index in [1.807, 2.05) is 43.3 Å². The molecule has 0 saturated heterocycles. The third-order valence-corrected chi connectivity index (χ3v) is 3.91. The number of aromatic hydroxyl groups is 1. The number of halogens is 1. The van der Waals surface area contributed by atoms with Crippen LogP contribution in [0.15, 0.2) is 47.5 Å². The number of hydrogen-bond donors (Lipinski definition) is 3. The van der Waals surface area contributed by atoms with E-state index in [1.54, 1.807) is 13.2 Å². The number of aliphatic imine (C=N–C) groups is 1. The van der Waals surface area contributed by atoms with Crippen molar-refractivity contribution in [1.29, 1.82) is 0 Å². The van der Waals surface area contributed by atoms with Crippen LogP contribution in [0.1, 0.15) is 18.9 Å². The molecule has 0 amide bonds. The van der Waals surface area contributed by atoms with E-state index >= 15 is 0 Å². The Morgan fingerprint density at radius 1 is 1.10 bits per heavy atom. The summed E-state index contributed by atoms with van der Waals surface area (Å²) in [6.45, 7) is 4.29. The summed E-state index contributed by atoms with van der Waals surface area (Å²) < 4.78 is 15.9. The molecule has 0 aromatic heterocycles. The third-order valence-electron chi connectivity index (χ3n) is 3.91. The van der Waals surface area contributed by atoms with Gasteiger partial charge in [0.25, 0.3) is 0 Å². The molecule has 8 heteroatoms. The van der Waals surface area contributed by atoms with E-state index < -0.39 is 0 Å². The third kappa shape index (κ3) is 8.36. The van der Waals surface area contributed by atoms with E-state index in [2.05, 4.69) is 15.6 Å². The number of guanidine groups is 1. The zero-order chi connectivity index (χ0) is 20.2. The topological polar surface area (TPSA) is 84.3 Å². The van der Waals surface area contributed by atoms with Gasteiger partial charge in [0.05, 0.1) is 20.3 Å². The van der Waals surface area contributed by atoms with Crippen LogP contribution in [0.3, 0.4) is 0 Å². The minimum atomic E-state index is 0. The maximum atomic E-state index is 10.2. The van der Waals surface area contributed by atoms with Gasteiger partial charge < -0.3 is 30.0 Å². The van der Waals surface area contributed by atoms with Crippen LogP contribution in [0.2, 0.25) is 0 Å². The summed E-state index contributed by atoms with van der Waals surface area (Å²) in [5, 5.41) is 16.7. The largest absolute Gasteiger partial charge is 0.504 e. The van der Waals surface area contributed by atoms with E-state index in [1.165, 1.54) is 7.11 Å². The molecule has 7 nitrogen and oxygen atoms in total. The quantitative estimate of drug-likeness (QED) is 0.192. The molecule has 0 fully saturated rings. The molecule has 2 rings (SSSR count). The Morgan fingerprint density at radius 2 is 1.90 bits per heavy atom. The number of phenolic OH excluding ortho intramolecular Hbond substituents is 1. The first-order chi connectivity index (χ1) is 13.7. The van der Waals surface area contributed by atoms with Gasteiger partial charge in [-0.25, -0.2) is 4.99 Å². The van der Waals surface area contributed by atoms with Gasteiger partial charge in [-0.2, -0.15) is 0 Å². The van der Waals surface area contributed by atoms with Crippen LogP contribution in [0.25, 0.3) is 0 Å². The van der Waals surface area contributed by atoms with Crippen molar-refractivity contribution in [3.63, 3.8) is 0 Å². The molecule has 0 aliphatic carbocycles. The van der Waals surface area contributed by atoms with E-state index in [0.717, 1.165) is 17.9 Å². The maximum Gasteiger partial charge on any atom is 0.196 e. The highest BCUT2D eigenvalue weighted by Gasteiger charge is 2.07. The molecule has 0 saturated carbocycles. The van der Waals surface area contributed by atoms with Gasteiger partial charge >= 0.3 is 0 Å². The minimum absolute atomic E-state index is 0. The molecule has 0 unspecified atom stereocenters. The zero-order valence-electron chi connectivity index (χ0n) is 17.1. The molecule has 0 radical (unpaired) electrons. The van der Waals surface area contributed by atoms with Gasteiger partial charge in [0.1, 0.15) is 5.75 Å². The van der Waals surface area contributed by atoms with Crippen molar-refractivity contribution >= 4 is 35.6 Å². The number of anilines is 1. The summed E-state index contributed by atoms with van der Waals surface area (Å²) in [7, 11) is 3.20. The Labute approximate surface area is 189 Å². The predicted molar refractivity (Wildman–Crippen MR) is 127 cm³/mol. The maximum absolute atomic E-state index is 10.2. The SMILES string of the molecule is CCNC(=NCc1cccc(OC)c1O)Nc1cccc(OCCCOC)c1.I. The van der Waals surface area contributed by atoms with Gasteiger partial charge in [-0.1, -0.05) is 18.2 Å². The van der Waals surface area contributed by atoms with E-state index in [-0.39, 0.29) is 29.7 Å². The lowest BCUT2D eigenvalue weighted by molar-refractivity contribution is 0.172. The number of phenols is 1. The minimum Gasteiger partial charge on any atom is -0.504 e. The monoisotopic (exact) mass is 515 g/mol. The lowest BCUT2D eigenvalue weighted by Crippen LogP contribution is -2.30. The second-order valence-electron chi connectivity index (χ2n) is 6.01. The summed E-state index contributed by atoms with van der Waals surface area (Å²) in [6, 6.07) is 13.1. The van der Waals surface area contributed by atoms with Crippen LogP contribution in [0.4, 0.5) is 5.69 Å². The average Bonchev–Trinajstić information content (AvgIpc) is 2.71. The van der Waals surface area contributed by atoms with Crippen molar-refractivity contribution in [3.8, 4) is 17.2 Å². The van der Waals surface area contributed by atoms with E-state index in [9.17, 15) is 5.11 Å². The summed E-state index contributed by atoms with van der Waals surface area (Å²) in [4.78, 5) is 4.55. The van der Waals surface area contributed by atoms with E-state index in [0.29, 0.717) is 43.6 Å². The normalized spacial score (nSPS) is 10.8. The lowest BCUT2D eigenvalue weighted by Gasteiger charge is -2.13. The molecular weight excluding hydrogens is 485 g/mol. The highest BCUT2D eigenvalue weighted by atomic mass is 127. The molecule has 2 aromatic rings. The molecule has 0 atom stereocenters. The number of nitrogens with one attached hydrogen (secondary N) is 2. The number of rotatable bonds is 10. The molecule has 0 aliphatic heterocycles. The predicted octanol–water partition coefficient (Wildman–Crippen LogP) is 4.01. The number of ether oxygens (including phenoxy) is 3. The van der Waals surface area contributed by atoms with Crippen molar-refractivity contribution in [2.45, 2.75) is 19.9 Å². The lowest BCUT2D eigenvalue weighted by atomic mass is 10.2. The average molecular weight is 515 g/mol. The Kier molecular flexibility index (Phi) is 11.9. The highest BCUT2D eigenvalue weighted by Crippen LogP contribution is 2.29. The smallest absolute Gasteiger partial charge is 0.196 e. The van der Waals surface area contributed by atoms with Gasteiger partial charge in [-0.15, -0.1) is 24.0 Å². The van der Waals surface area contributed by atoms with Crippen LogP contribution in [0.5, 0.6) is 17.2 Å². The Hall–Kier alpha value is -2.20. The molecule has 0 bridgehead atoms. The number of nitrogens with zero attached hydrogens (tertiary/aromatic N) is 1. The van der Waals surface area contributed by atoms with Crippen molar-refractivity contribution < 1.29 is 19.3 Å². The van der Waals surface area contributed by atoms with Crippen LogP contribution >= 0.6 is 24.0 Å². The molecule has 0 aliphatic rings. The van der Waals surface area contributed by atoms with Crippen molar-refractivity contribution in [2.75, 3.05) is 39.3 Å². The Morgan fingerprint density at radius 3 is 2.62 bits per heavy atom. The molecule has 160 valence electrons. The molecule has 29 heavy (non-hydrogen) atoms. The van der Waals surface area contributed by atoms with Crippen LogP contribution in [0, 0.1) is 0 Å². The fourth-order valence-electron chi connectivity index (χ4n) is 2.53. The van der Waals surface area contributed by atoms with Crippen LogP contribution in [-0.2, 0) is 11.3 Å². The highest BCUT2D eigenvalue weighted by molar-refractivity contribution is 14.0. The van der Waals surface area contributed by atoms with Gasteiger partial charge in [0.15, 0.2) is 17.5 Å². The number of benzene rings is 2. The summed E-state index contributed by atoms with van der Waals surface area (Å²) >= 11 is 0. The van der Waals surface area contributed by atoms with Crippen molar-refractivity contribution in [2.24, 2.45) is 4.99 Å². The molecule has 2 aromatic carbocycles. The molecule has 0 spiro atoms. The standard InChI is InChI=1S/C21H29N3O4.HI/c1-4-22-21(23-15-16-8-5-11-19(27-3)20(16)25)24-17-9-6-10-18(14-17)28-13-7-12-26-2;/h5-6,8-11,14,25H,4,7,12-13,15H2,1-3H3,(H2,22,23,24);1H. The first kappa shape index (κ1) is 24.8. The first-order valence-corrected chi connectivity index (χ1v) is 9.30. The zero-order valence-corrected chi connectivity index (χ0v) is 19.4. The van der Waals surface area contributed by atoms with Gasteiger partial charge in [-0.05, 0) is 25.1 Å². The van der Waals surface area contributed by atoms with Gasteiger partial charge in [0, 0.05) is 44.0 Å². The Balaban J connectivity index is 0.00000420. The number of para-hydroxylation sites is 1. The van der Waals surface area contributed by atoms with E-state index in [4.69, 9.17) is 14.2 Å². The second-order valence-corrected chi connectivity index (χ2v) is 6.01. The summed E-state index contributed by atoms with van der Waals surface area (Å²) in [6.07, 6.45) is 0.836. The van der Waals surface area contributed by atoms with Gasteiger partial charge in [0.2, 0.25) is 0 Å². The van der Waals surface area contributed by atoms with Crippen molar-refractivity contribution in [1.82, 2.24) is 5.32 Å². The van der Waals surface area contributed by atoms with Crippen LogP contribution < -0.4 is 20.1 Å². The number of hydrogen-bond acceptors (Lipinski definition) is 5.